The van der Waals surface area contributed by atoms with Crippen molar-refractivity contribution in [3.05, 3.63) is 95.6 Å². The van der Waals surface area contributed by atoms with Gasteiger partial charge < -0.3 is 44.5 Å². The molecule has 5 atom stereocenters. The van der Waals surface area contributed by atoms with Crippen molar-refractivity contribution in [3.63, 3.8) is 0 Å². The Hall–Kier alpha value is -4.42. The highest BCUT2D eigenvalue weighted by Crippen LogP contribution is 2.30. The lowest BCUT2D eigenvalue weighted by atomic mass is 9.99. The molecule has 5 unspecified atom stereocenters. The fraction of sp³-hybridized carbons (Fsp3) is 0.241. The number of phenolic OH excluding ortho intramolecular Hbond substituents is 2. The predicted octanol–water partition coefficient (Wildman–Crippen LogP) is 1.90. The van der Waals surface area contributed by atoms with Gasteiger partial charge in [0.15, 0.2) is 6.10 Å². The molecule has 0 aliphatic carbocycles. The molecular formula is C29H28O11. The average Bonchev–Trinajstić information content (AvgIpc) is 2.96. The van der Waals surface area contributed by atoms with E-state index in [0.717, 1.165) is 6.08 Å². The molecule has 40 heavy (non-hydrogen) atoms. The summed E-state index contributed by atoms with van der Waals surface area (Å²) in [7, 11) is 0. The van der Waals surface area contributed by atoms with Gasteiger partial charge in [-0.1, -0.05) is 30.3 Å². The third kappa shape index (κ3) is 7.16. The first kappa shape index (κ1) is 28.6. The van der Waals surface area contributed by atoms with Gasteiger partial charge in [0.05, 0.1) is 12.2 Å². The number of hydrogen-bond donors (Lipinski definition) is 5. The lowest BCUT2D eigenvalue weighted by Gasteiger charge is -2.41. The molecular weight excluding hydrogens is 524 g/mol. The maximum absolute atomic E-state index is 12.6. The maximum Gasteiger partial charge on any atom is 0.338 e. The third-order valence-corrected chi connectivity index (χ3v) is 6.05. The second-order valence-electron chi connectivity index (χ2n) is 8.88. The Kier molecular flexibility index (Phi) is 9.35. The molecule has 210 valence electrons. The van der Waals surface area contributed by atoms with Gasteiger partial charge in [0.25, 0.3) is 0 Å². The molecule has 0 spiro atoms. The van der Waals surface area contributed by atoms with Gasteiger partial charge in [-0.25, -0.2) is 9.59 Å². The summed E-state index contributed by atoms with van der Waals surface area (Å²) in [5.41, 5.74) is 1.03. The van der Waals surface area contributed by atoms with Crippen LogP contribution in [0.4, 0.5) is 0 Å². The number of ether oxygens (including phenoxy) is 4. The van der Waals surface area contributed by atoms with E-state index in [1.54, 1.807) is 42.5 Å². The summed E-state index contributed by atoms with van der Waals surface area (Å²) in [4.78, 5) is 25.0. The lowest BCUT2D eigenvalue weighted by Crippen LogP contribution is -2.61. The van der Waals surface area contributed by atoms with E-state index in [0.29, 0.717) is 5.56 Å². The van der Waals surface area contributed by atoms with Gasteiger partial charge in [-0.05, 0) is 54.1 Å². The van der Waals surface area contributed by atoms with Gasteiger partial charge >= 0.3 is 11.9 Å². The molecule has 0 amide bonds. The molecule has 11 heteroatoms. The Morgan fingerprint density at radius 1 is 0.900 bits per heavy atom. The Balaban J connectivity index is 1.52. The van der Waals surface area contributed by atoms with Gasteiger partial charge in [-0.2, -0.15) is 0 Å². The second kappa shape index (κ2) is 13.1. The standard InChI is InChI=1S/C29H28O11/c30-15-19-14-21(32)11-12-22(19)38-29-27(40-24(33)13-8-17-6-9-20(31)10-7-17)26(35)25(34)23(39-29)16-37-28(36)18-4-2-1-3-5-18/h1-14,23,25-27,29-32,34-35H,15-16H2. The van der Waals surface area contributed by atoms with Crippen molar-refractivity contribution in [2.45, 2.75) is 37.3 Å². The number of aromatic hydroxyl groups is 2. The summed E-state index contributed by atoms with van der Waals surface area (Å²) in [6, 6.07) is 18.0. The fourth-order valence-electron chi connectivity index (χ4n) is 3.93. The van der Waals surface area contributed by atoms with Gasteiger partial charge in [0.2, 0.25) is 6.29 Å². The molecule has 0 aromatic heterocycles. The van der Waals surface area contributed by atoms with Crippen LogP contribution in [0.15, 0.2) is 78.9 Å². The zero-order valence-corrected chi connectivity index (χ0v) is 21.1. The summed E-state index contributed by atoms with van der Waals surface area (Å²) in [6.45, 7) is -0.977. The molecule has 0 radical (unpaired) electrons. The van der Waals surface area contributed by atoms with Crippen molar-refractivity contribution in [1.29, 1.82) is 0 Å². The Morgan fingerprint density at radius 2 is 1.60 bits per heavy atom. The zero-order valence-electron chi connectivity index (χ0n) is 21.1. The van der Waals surface area contributed by atoms with Gasteiger partial charge in [0, 0.05) is 11.6 Å². The minimum Gasteiger partial charge on any atom is -0.508 e. The molecule has 3 aromatic rings. The van der Waals surface area contributed by atoms with E-state index in [2.05, 4.69) is 0 Å². The SMILES string of the molecule is O=C(C=Cc1ccc(O)cc1)OC1C(Oc2ccc(O)cc2CO)OC(COC(=O)c2ccccc2)C(O)C1O. The monoisotopic (exact) mass is 552 g/mol. The first-order chi connectivity index (χ1) is 19.2. The highest BCUT2D eigenvalue weighted by molar-refractivity contribution is 5.89. The molecule has 4 rings (SSSR count). The summed E-state index contributed by atoms with van der Waals surface area (Å²) in [5, 5.41) is 50.5. The minimum absolute atomic E-state index is 0.0506. The third-order valence-electron chi connectivity index (χ3n) is 6.05. The Labute approximate surface area is 229 Å². The average molecular weight is 553 g/mol. The van der Waals surface area contributed by atoms with Crippen LogP contribution >= 0.6 is 0 Å². The quantitative estimate of drug-likeness (QED) is 0.194. The normalized spacial score (nSPS) is 22.5. The number of carbonyl (C=O) groups is 2. The van der Waals surface area contributed by atoms with Gasteiger partial charge in [-0.15, -0.1) is 0 Å². The lowest BCUT2D eigenvalue weighted by molar-refractivity contribution is -0.281. The molecule has 1 aliphatic rings. The molecule has 1 fully saturated rings. The second-order valence-corrected chi connectivity index (χ2v) is 8.88. The molecule has 5 N–H and O–H groups in total. The first-order valence-electron chi connectivity index (χ1n) is 12.3. The largest absolute Gasteiger partial charge is 0.508 e. The van der Waals surface area contributed by atoms with Gasteiger partial charge in [0.1, 0.15) is 42.2 Å². The molecule has 0 saturated carbocycles. The topological polar surface area (TPSA) is 172 Å². The van der Waals surface area contributed by atoms with Crippen molar-refractivity contribution in [2.75, 3.05) is 6.61 Å². The number of hydrogen-bond acceptors (Lipinski definition) is 11. The zero-order chi connectivity index (χ0) is 28.6. The minimum atomic E-state index is -1.72. The molecule has 1 heterocycles. The number of phenols is 2. The van der Waals surface area contributed by atoms with Crippen LogP contribution < -0.4 is 4.74 Å². The number of aliphatic hydroxyl groups is 3. The van der Waals surface area contributed by atoms with Crippen LogP contribution in [0.25, 0.3) is 6.08 Å². The van der Waals surface area contributed by atoms with Crippen molar-refractivity contribution < 1.29 is 54.1 Å². The summed E-state index contributed by atoms with van der Waals surface area (Å²) in [6.07, 6.45) is -5.20. The summed E-state index contributed by atoms with van der Waals surface area (Å²) < 4.78 is 22.3. The molecule has 11 nitrogen and oxygen atoms in total. The van der Waals surface area contributed by atoms with Crippen molar-refractivity contribution in [1.82, 2.24) is 0 Å². The van der Waals surface area contributed by atoms with Crippen molar-refractivity contribution in [2.24, 2.45) is 0 Å². The van der Waals surface area contributed by atoms with Crippen LogP contribution in [0, 0.1) is 0 Å². The number of esters is 2. The summed E-state index contributed by atoms with van der Waals surface area (Å²) >= 11 is 0. The van der Waals surface area contributed by atoms with Crippen LogP contribution in [0.1, 0.15) is 21.5 Å². The smallest absolute Gasteiger partial charge is 0.338 e. The van der Waals surface area contributed by atoms with E-state index in [1.807, 2.05) is 0 Å². The van der Waals surface area contributed by atoms with E-state index in [1.165, 1.54) is 36.4 Å². The first-order valence-corrected chi connectivity index (χ1v) is 12.3. The highest BCUT2D eigenvalue weighted by atomic mass is 16.7. The molecule has 1 saturated heterocycles. The van der Waals surface area contributed by atoms with E-state index in [-0.39, 0.29) is 28.4 Å². The highest BCUT2D eigenvalue weighted by Gasteiger charge is 2.48. The van der Waals surface area contributed by atoms with Gasteiger partial charge in [-0.3, -0.25) is 0 Å². The van der Waals surface area contributed by atoms with Crippen molar-refractivity contribution in [3.8, 4) is 17.2 Å². The van der Waals surface area contributed by atoms with Crippen molar-refractivity contribution >= 4 is 18.0 Å². The molecule has 1 aliphatic heterocycles. The Bertz CT molecular complexity index is 1320. The number of rotatable bonds is 9. The van der Waals surface area contributed by atoms with Crippen LogP contribution in [0.2, 0.25) is 0 Å². The maximum atomic E-state index is 12.6. The van der Waals surface area contributed by atoms with Crippen LogP contribution in [-0.4, -0.2) is 74.8 Å². The Morgan fingerprint density at radius 3 is 2.30 bits per heavy atom. The number of aliphatic hydroxyl groups excluding tert-OH is 3. The molecule has 0 bridgehead atoms. The number of carbonyl (C=O) groups excluding carboxylic acids is 2. The van der Waals surface area contributed by atoms with E-state index >= 15 is 0 Å². The van der Waals surface area contributed by atoms with E-state index in [4.69, 9.17) is 18.9 Å². The predicted molar refractivity (Wildman–Crippen MR) is 139 cm³/mol. The molecule has 3 aromatic carbocycles. The van der Waals surface area contributed by atoms with Crippen LogP contribution in [-0.2, 0) is 25.6 Å². The van der Waals surface area contributed by atoms with Crippen LogP contribution in [0.3, 0.4) is 0 Å². The van der Waals surface area contributed by atoms with Crippen LogP contribution in [0.5, 0.6) is 17.2 Å². The van der Waals surface area contributed by atoms with E-state index in [9.17, 15) is 35.1 Å². The fourth-order valence-corrected chi connectivity index (χ4v) is 3.93. The summed E-state index contributed by atoms with van der Waals surface area (Å²) in [5.74, 6) is -1.61. The number of benzene rings is 3. The van der Waals surface area contributed by atoms with E-state index < -0.39 is 55.9 Å².